The van der Waals surface area contributed by atoms with Crippen LogP contribution in [0.2, 0.25) is 0 Å². The Kier molecular flexibility index (Phi) is 5.86. The zero-order chi connectivity index (χ0) is 28.8. The fourth-order valence-electron chi connectivity index (χ4n) is 5.72. The van der Waals surface area contributed by atoms with E-state index in [1.807, 2.05) is 91.0 Å². The summed E-state index contributed by atoms with van der Waals surface area (Å²) in [4.78, 5) is 20.4. The van der Waals surface area contributed by atoms with Crippen molar-refractivity contribution in [1.82, 2.24) is 0 Å². The summed E-state index contributed by atoms with van der Waals surface area (Å²) in [5.74, 6) is 0. The molecule has 0 fully saturated rings. The first-order valence-corrected chi connectivity index (χ1v) is 14.2. The third-order valence-electron chi connectivity index (χ3n) is 7.72. The number of rotatable bonds is 3. The molecule has 0 spiro atoms. The highest BCUT2D eigenvalue weighted by Gasteiger charge is 2.26. The lowest BCUT2D eigenvalue weighted by molar-refractivity contribution is 1.41. The molecule has 43 heavy (non-hydrogen) atoms. The summed E-state index contributed by atoms with van der Waals surface area (Å²) in [5, 5.41) is 0. The molecule has 8 rings (SSSR count). The Balaban J connectivity index is 1.39. The van der Waals surface area contributed by atoms with Crippen molar-refractivity contribution in [3.05, 3.63) is 179 Å². The first-order valence-electron chi connectivity index (χ1n) is 14.2. The smallest absolute Gasteiger partial charge is 0.0816 e. The van der Waals surface area contributed by atoms with Gasteiger partial charge in [0.25, 0.3) is 0 Å². The first kappa shape index (κ1) is 24.8. The number of hydrogen-bond acceptors (Lipinski definition) is 5. The van der Waals surface area contributed by atoms with Crippen molar-refractivity contribution in [2.24, 2.45) is 20.0 Å². The van der Waals surface area contributed by atoms with E-state index in [9.17, 15) is 0 Å². The van der Waals surface area contributed by atoms with E-state index >= 15 is 0 Å². The van der Waals surface area contributed by atoms with Crippen LogP contribution in [0.25, 0.3) is 16.7 Å². The fraction of sp³-hybridized carbons (Fsp3) is 0. The van der Waals surface area contributed by atoms with Gasteiger partial charge in [-0.05, 0) is 83.5 Å². The summed E-state index contributed by atoms with van der Waals surface area (Å²) < 4.78 is 0. The van der Waals surface area contributed by atoms with Gasteiger partial charge in [0.15, 0.2) is 0 Å². The predicted octanol–water partition coefficient (Wildman–Crippen LogP) is 7.74. The van der Waals surface area contributed by atoms with Crippen molar-refractivity contribution < 1.29 is 0 Å². The Morgan fingerprint density at radius 1 is 0.442 bits per heavy atom. The Hall–Kier alpha value is -5.94. The highest BCUT2D eigenvalue weighted by Crippen LogP contribution is 2.37. The van der Waals surface area contributed by atoms with Gasteiger partial charge in [0.05, 0.1) is 45.6 Å². The number of hydrogen-bond donors (Lipinski definition) is 1. The molecule has 5 heterocycles. The Labute approximate surface area is 249 Å². The first-order chi connectivity index (χ1) is 21.2. The molecular weight excluding hydrogens is 526 g/mol. The van der Waals surface area contributed by atoms with Crippen LogP contribution in [0.5, 0.6) is 0 Å². The minimum atomic E-state index is 0.718. The van der Waals surface area contributed by atoms with Crippen molar-refractivity contribution in [3.8, 4) is 0 Å². The second-order valence-electron chi connectivity index (χ2n) is 10.6. The molecule has 5 nitrogen and oxygen atoms in total. The lowest BCUT2D eigenvalue weighted by Gasteiger charge is -2.14. The molecule has 5 heteroatoms. The van der Waals surface area contributed by atoms with Crippen molar-refractivity contribution in [1.29, 1.82) is 0 Å². The highest BCUT2D eigenvalue weighted by atomic mass is 14.9. The van der Waals surface area contributed by atoms with E-state index in [1.165, 1.54) is 0 Å². The van der Waals surface area contributed by atoms with Gasteiger partial charge in [0.1, 0.15) is 0 Å². The summed E-state index contributed by atoms with van der Waals surface area (Å²) >= 11 is 0. The molecule has 2 N–H and O–H groups in total. The number of allylic oxidation sites excluding steroid dienone is 12. The molecule has 0 amide bonds. The molecule has 0 atom stereocenters. The third-order valence-corrected chi connectivity index (χ3v) is 7.72. The summed E-state index contributed by atoms with van der Waals surface area (Å²) in [6.07, 6.45) is 18.5. The van der Waals surface area contributed by atoms with E-state index in [-0.39, 0.29) is 0 Å². The van der Waals surface area contributed by atoms with Gasteiger partial charge in [-0.1, -0.05) is 72.8 Å². The normalized spacial score (nSPS) is 18.4. The second kappa shape index (κ2) is 10.2. The molecule has 3 aromatic rings. The van der Waals surface area contributed by atoms with Crippen LogP contribution in [0.4, 0.5) is 5.69 Å². The van der Waals surface area contributed by atoms with Crippen molar-refractivity contribution in [3.63, 3.8) is 0 Å². The molecule has 0 aromatic heterocycles. The Morgan fingerprint density at radius 3 is 1.72 bits per heavy atom. The summed E-state index contributed by atoms with van der Waals surface area (Å²) in [5.41, 5.74) is 19.6. The topological polar surface area (TPSA) is 75.5 Å². The van der Waals surface area contributed by atoms with Crippen molar-refractivity contribution in [2.75, 3.05) is 5.73 Å². The number of aliphatic imine (C=N–C) groups is 4. The SMILES string of the molecule is Nc1ccc(C2=CC3=CC4=NC(=C(c5ccccc5)C5=NC(=CC6=NC(=C(c7ccccc7)C2=N3)C=C6)C=C5)C=C4)cc1. The summed E-state index contributed by atoms with van der Waals surface area (Å²) in [6, 6.07) is 28.5. The maximum Gasteiger partial charge on any atom is 0.0816 e. The van der Waals surface area contributed by atoms with Gasteiger partial charge >= 0.3 is 0 Å². The van der Waals surface area contributed by atoms with E-state index in [4.69, 9.17) is 25.7 Å². The van der Waals surface area contributed by atoms with Gasteiger partial charge in [-0.25, -0.2) is 20.0 Å². The Bertz CT molecular complexity index is 2070. The molecule has 0 aliphatic carbocycles. The molecule has 3 aromatic carbocycles. The molecule has 5 aliphatic heterocycles. The van der Waals surface area contributed by atoms with Crippen LogP contribution in [-0.4, -0.2) is 22.8 Å². The van der Waals surface area contributed by atoms with Crippen LogP contribution < -0.4 is 5.73 Å². The molecule has 0 saturated heterocycles. The van der Waals surface area contributed by atoms with Crippen LogP contribution >= 0.6 is 0 Å². The number of fused-ring (bicyclic) bond motifs is 4. The molecular formula is C38H25N5. The minimum absolute atomic E-state index is 0.718. The van der Waals surface area contributed by atoms with Crippen LogP contribution in [0.1, 0.15) is 16.7 Å². The van der Waals surface area contributed by atoms with E-state index in [1.54, 1.807) is 0 Å². The largest absolute Gasteiger partial charge is 0.399 e. The van der Waals surface area contributed by atoms with E-state index in [0.29, 0.717) is 0 Å². The third kappa shape index (κ3) is 4.63. The van der Waals surface area contributed by atoms with E-state index < -0.39 is 0 Å². The monoisotopic (exact) mass is 551 g/mol. The molecule has 202 valence electrons. The lowest BCUT2D eigenvalue weighted by atomic mass is 9.91. The van der Waals surface area contributed by atoms with Crippen LogP contribution in [-0.2, 0) is 0 Å². The van der Waals surface area contributed by atoms with Gasteiger partial charge in [0, 0.05) is 22.4 Å². The van der Waals surface area contributed by atoms with Crippen molar-refractivity contribution in [2.45, 2.75) is 0 Å². The zero-order valence-electron chi connectivity index (χ0n) is 23.1. The van der Waals surface area contributed by atoms with Crippen LogP contribution in [0.15, 0.2) is 182 Å². The molecule has 5 aliphatic rings. The summed E-state index contributed by atoms with van der Waals surface area (Å²) in [6.45, 7) is 0. The van der Waals surface area contributed by atoms with Gasteiger partial charge in [0.2, 0.25) is 0 Å². The van der Waals surface area contributed by atoms with Gasteiger partial charge in [-0.15, -0.1) is 0 Å². The molecule has 0 radical (unpaired) electrons. The average molecular weight is 552 g/mol. The highest BCUT2D eigenvalue weighted by molar-refractivity contribution is 6.47. The van der Waals surface area contributed by atoms with Gasteiger partial charge < -0.3 is 5.73 Å². The Morgan fingerprint density at radius 2 is 1.05 bits per heavy atom. The zero-order valence-corrected chi connectivity index (χ0v) is 23.1. The second-order valence-corrected chi connectivity index (χ2v) is 10.6. The molecule has 8 bridgehead atoms. The van der Waals surface area contributed by atoms with Crippen LogP contribution in [0.3, 0.4) is 0 Å². The minimum Gasteiger partial charge on any atom is -0.399 e. The average Bonchev–Trinajstić information content (AvgIpc) is 3.85. The quantitative estimate of drug-likeness (QED) is 0.332. The number of nitrogens with two attached hydrogens (primary N) is 1. The van der Waals surface area contributed by atoms with Gasteiger partial charge in [-0.2, -0.15) is 0 Å². The number of anilines is 1. The van der Waals surface area contributed by atoms with E-state index in [2.05, 4.69) is 48.6 Å². The number of nitrogen functional groups attached to an aromatic ring is 1. The fourth-order valence-corrected chi connectivity index (χ4v) is 5.72. The maximum atomic E-state index is 6.06. The number of nitrogens with zero attached hydrogens (tertiary/aromatic N) is 4. The lowest BCUT2D eigenvalue weighted by Crippen LogP contribution is -2.05. The van der Waals surface area contributed by atoms with Crippen LogP contribution in [0, 0.1) is 0 Å². The maximum absolute atomic E-state index is 6.06. The summed E-state index contributed by atoms with van der Waals surface area (Å²) in [7, 11) is 0. The number of benzene rings is 3. The molecule has 0 unspecified atom stereocenters. The van der Waals surface area contributed by atoms with Gasteiger partial charge in [-0.3, -0.25) is 0 Å². The molecule has 0 saturated carbocycles. The van der Waals surface area contributed by atoms with E-state index in [0.717, 1.165) is 84.7 Å². The standard InChI is InChI=1S/C38H25N5/c39-27-13-11-24(12-14-27)32-23-31-22-30-16-19-34(41-30)36(25-7-3-1-4-8-25)33-18-15-28(40-33)21-29-17-20-35(42-29)37(38(32)43-31)26-9-5-2-6-10-26/h1-23H,39H2. The van der Waals surface area contributed by atoms with Crippen molar-refractivity contribution >= 4 is 45.3 Å². The predicted molar refractivity (Wildman–Crippen MR) is 179 cm³/mol.